The predicted octanol–water partition coefficient (Wildman–Crippen LogP) is 1.61. The van der Waals surface area contributed by atoms with Crippen LogP contribution in [0.4, 0.5) is 13.2 Å². The Kier molecular flexibility index (Phi) is 3.57. The lowest BCUT2D eigenvalue weighted by molar-refractivity contribution is -0.152. The van der Waals surface area contributed by atoms with Crippen LogP contribution in [0.1, 0.15) is 0 Å². The fourth-order valence-corrected chi connectivity index (χ4v) is 1.71. The number of alkyl halides is 3. The molecule has 0 aliphatic carbocycles. The number of hydrogen-bond acceptors (Lipinski definition) is 4. The Morgan fingerprint density at radius 1 is 1.67 bits per heavy atom. The molecule has 4 nitrogen and oxygen atoms in total. The molecule has 1 rings (SSSR count). The summed E-state index contributed by atoms with van der Waals surface area (Å²) >= 11 is 0.860. The van der Waals surface area contributed by atoms with Crippen LogP contribution in [0, 0.1) is 17.2 Å². The molecule has 0 aliphatic heterocycles. The summed E-state index contributed by atoms with van der Waals surface area (Å²) in [4.78, 5) is 3.74. The molecule has 0 fully saturated rings. The Hall–Kier alpha value is -1.23. The molecule has 8 heteroatoms. The maximum Gasteiger partial charge on any atom is 0.405 e. The van der Waals surface area contributed by atoms with Crippen molar-refractivity contribution >= 4 is 11.8 Å². The minimum Gasteiger partial charge on any atom is -0.244 e. The SMILES string of the molecule is Cn1ncnc1SCC(C#N)C(F)(F)F. The van der Waals surface area contributed by atoms with Crippen LogP contribution in [0.2, 0.25) is 0 Å². The smallest absolute Gasteiger partial charge is 0.244 e. The predicted molar refractivity (Wildman–Crippen MR) is 46.9 cm³/mol. The Morgan fingerprint density at radius 2 is 2.33 bits per heavy atom. The van der Waals surface area contributed by atoms with Gasteiger partial charge < -0.3 is 0 Å². The highest BCUT2D eigenvalue weighted by atomic mass is 32.2. The van der Waals surface area contributed by atoms with Crippen molar-refractivity contribution < 1.29 is 13.2 Å². The maximum atomic E-state index is 12.2. The molecule has 0 saturated heterocycles. The molecular formula is C7H7F3N4S. The van der Waals surface area contributed by atoms with E-state index in [1.165, 1.54) is 17.1 Å². The second-order valence-electron chi connectivity index (χ2n) is 2.70. The number of thioether (sulfide) groups is 1. The first-order chi connectivity index (χ1) is 6.95. The van der Waals surface area contributed by atoms with E-state index in [-0.39, 0.29) is 5.75 Å². The Morgan fingerprint density at radius 3 is 2.73 bits per heavy atom. The van der Waals surface area contributed by atoms with Gasteiger partial charge in [-0.3, -0.25) is 0 Å². The molecule has 0 amide bonds. The fraction of sp³-hybridized carbons (Fsp3) is 0.571. The molecular weight excluding hydrogens is 229 g/mol. The summed E-state index contributed by atoms with van der Waals surface area (Å²) in [5.74, 6) is -2.34. The quantitative estimate of drug-likeness (QED) is 0.748. The van der Waals surface area contributed by atoms with Crippen molar-refractivity contribution in [3.63, 3.8) is 0 Å². The summed E-state index contributed by atoms with van der Waals surface area (Å²) in [5, 5.41) is 12.4. The summed E-state index contributed by atoms with van der Waals surface area (Å²) in [6.45, 7) is 0. The molecule has 15 heavy (non-hydrogen) atoms. The van der Waals surface area contributed by atoms with Gasteiger partial charge in [-0.1, -0.05) is 11.8 Å². The highest BCUT2D eigenvalue weighted by molar-refractivity contribution is 7.99. The van der Waals surface area contributed by atoms with Gasteiger partial charge in [0.25, 0.3) is 0 Å². The van der Waals surface area contributed by atoms with Crippen molar-refractivity contribution in [1.82, 2.24) is 14.8 Å². The van der Waals surface area contributed by atoms with Gasteiger partial charge in [-0.05, 0) is 0 Å². The highest BCUT2D eigenvalue weighted by Gasteiger charge is 2.39. The number of halogens is 3. The third kappa shape index (κ3) is 3.13. The largest absolute Gasteiger partial charge is 0.405 e. The first-order valence-corrected chi connectivity index (χ1v) is 4.87. The lowest BCUT2D eigenvalue weighted by Crippen LogP contribution is -2.23. The van der Waals surface area contributed by atoms with Crippen LogP contribution in [0.5, 0.6) is 0 Å². The van der Waals surface area contributed by atoms with Gasteiger partial charge in [0.2, 0.25) is 0 Å². The summed E-state index contributed by atoms with van der Waals surface area (Å²) in [7, 11) is 1.57. The molecule has 1 unspecified atom stereocenters. The van der Waals surface area contributed by atoms with Crippen molar-refractivity contribution in [2.24, 2.45) is 13.0 Å². The number of aryl methyl sites for hydroxylation is 1. The highest BCUT2D eigenvalue weighted by Crippen LogP contribution is 2.30. The van der Waals surface area contributed by atoms with Crippen molar-refractivity contribution in [1.29, 1.82) is 5.26 Å². The van der Waals surface area contributed by atoms with Crippen LogP contribution >= 0.6 is 11.8 Å². The van der Waals surface area contributed by atoms with Crippen LogP contribution in [0.3, 0.4) is 0 Å². The van der Waals surface area contributed by atoms with Crippen molar-refractivity contribution in [3.05, 3.63) is 6.33 Å². The molecule has 0 radical (unpaired) electrons. The van der Waals surface area contributed by atoms with E-state index in [9.17, 15) is 13.2 Å². The molecule has 0 aliphatic rings. The Labute approximate surface area is 88.1 Å². The van der Waals surface area contributed by atoms with Crippen molar-refractivity contribution in [2.45, 2.75) is 11.3 Å². The average molecular weight is 236 g/mol. The van der Waals surface area contributed by atoms with Crippen LogP contribution in [-0.4, -0.2) is 26.7 Å². The van der Waals surface area contributed by atoms with E-state index in [1.807, 2.05) is 0 Å². The molecule has 1 aromatic heterocycles. The molecule has 0 saturated carbocycles. The van der Waals surface area contributed by atoms with E-state index in [1.54, 1.807) is 7.05 Å². The second kappa shape index (κ2) is 4.53. The van der Waals surface area contributed by atoms with E-state index in [2.05, 4.69) is 10.1 Å². The summed E-state index contributed by atoms with van der Waals surface area (Å²) in [6.07, 6.45) is -3.24. The fourth-order valence-electron chi connectivity index (χ4n) is 0.779. The van der Waals surface area contributed by atoms with Gasteiger partial charge >= 0.3 is 6.18 Å². The lowest BCUT2D eigenvalue weighted by Gasteiger charge is -2.11. The zero-order valence-electron chi connectivity index (χ0n) is 7.69. The van der Waals surface area contributed by atoms with Gasteiger partial charge in [-0.15, -0.1) is 0 Å². The molecule has 1 atom stereocenters. The summed E-state index contributed by atoms with van der Waals surface area (Å²) in [6, 6.07) is 1.22. The Bertz CT molecular complexity index is 367. The summed E-state index contributed by atoms with van der Waals surface area (Å²) in [5.41, 5.74) is 0. The topological polar surface area (TPSA) is 54.5 Å². The number of rotatable bonds is 3. The van der Waals surface area contributed by atoms with Gasteiger partial charge in [0.1, 0.15) is 6.33 Å². The molecule has 1 aromatic rings. The van der Waals surface area contributed by atoms with Crippen molar-refractivity contribution in [3.8, 4) is 6.07 Å². The van der Waals surface area contributed by atoms with E-state index >= 15 is 0 Å². The number of nitriles is 1. The van der Waals surface area contributed by atoms with Crippen LogP contribution < -0.4 is 0 Å². The maximum absolute atomic E-state index is 12.2. The van der Waals surface area contributed by atoms with Gasteiger partial charge in [0, 0.05) is 12.8 Å². The molecule has 82 valence electrons. The normalized spacial score (nSPS) is 13.5. The van der Waals surface area contributed by atoms with Gasteiger partial charge in [0.15, 0.2) is 11.1 Å². The third-order valence-electron chi connectivity index (χ3n) is 1.60. The van der Waals surface area contributed by atoms with Crippen LogP contribution in [-0.2, 0) is 7.05 Å². The molecule has 0 aromatic carbocycles. The summed E-state index contributed by atoms with van der Waals surface area (Å²) < 4.78 is 37.9. The minimum absolute atomic E-state index is 0.361. The Balaban J connectivity index is 2.57. The van der Waals surface area contributed by atoms with E-state index in [0.29, 0.717) is 5.16 Å². The van der Waals surface area contributed by atoms with Gasteiger partial charge in [0.05, 0.1) is 6.07 Å². The lowest BCUT2D eigenvalue weighted by atomic mass is 10.2. The van der Waals surface area contributed by atoms with Crippen LogP contribution in [0.25, 0.3) is 0 Å². The molecule has 0 spiro atoms. The number of nitrogens with zero attached hydrogens (tertiary/aromatic N) is 4. The third-order valence-corrected chi connectivity index (χ3v) is 2.73. The standard InChI is InChI=1S/C7H7F3N4S/c1-14-6(12-4-13-14)15-3-5(2-11)7(8,9)10/h4-5H,3H2,1H3. The van der Waals surface area contributed by atoms with Crippen LogP contribution in [0.15, 0.2) is 11.5 Å². The second-order valence-corrected chi connectivity index (χ2v) is 3.69. The zero-order valence-corrected chi connectivity index (χ0v) is 8.51. The first-order valence-electron chi connectivity index (χ1n) is 3.88. The zero-order chi connectivity index (χ0) is 11.5. The monoisotopic (exact) mass is 236 g/mol. The van der Waals surface area contributed by atoms with Crippen molar-refractivity contribution in [2.75, 3.05) is 5.75 Å². The van der Waals surface area contributed by atoms with E-state index in [0.717, 1.165) is 11.8 Å². The van der Waals surface area contributed by atoms with E-state index < -0.39 is 12.1 Å². The molecule has 0 bridgehead atoms. The first kappa shape index (κ1) is 11.8. The van der Waals surface area contributed by atoms with Gasteiger partial charge in [-0.25, -0.2) is 9.67 Å². The average Bonchev–Trinajstić information content (AvgIpc) is 2.50. The number of aromatic nitrogens is 3. The minimum atomic E-state index is -4.49. The number of hydrogen-bond donors (Lipinski definition) is 0. The molecule has 0 N–H and O–H groups in total. The molecule has 1 heterocycles. The van der Waals surface area contributed by atoms with Gasteiger partial charge in [-0.2, -0.15) is 23.5 Å². The van der Waals surface area contributed by atoms with E-state index in [4.69, 9.17) is 5.26 Å².